The highest BCUT2D eigenvalue weighted by Gasteiger charge is 2.40. The van der Waals surface area contributed by atoms with E-state index in [0.29, 0.717) is 19.6 Å². The second-order valence-electron chi connectivity index (χ2n) is 8.32. The molecule has 2 amide bonds. The highest BCUT2D eigenvalue weighted by molar-refractivity contribution is 5.87. The van der Waals surface area contributed by atoms with Crippen molar-refractivity contribution >= 4 is 12.0 Å². The first kappa shape index (κ1) is 21.6. The summed E-state index contributed by atoms with van der Waals surface area (Å²) in [7, 11) is 0. The van der Waals surface area contributed by atoms with Gasteiger partial charge in [0.05, 0.1) is 6.33 Å². The largest absolute Gasteiger partial charge is 0.445 e. The van der Waals surface area contributed by atoms with E-state index >= 15 is 0 Å². The maximum absolute atomic E-state index is 13.3. The Kier molecular flexibility index (Phi) is 6.54. The van der Waals surface area contributed by atoms with Gasteiger partial charge in [0, 0.05) is 37.7 Å². The van der Waals surface area contributed by atoms with Crippen molar-refractivity contribution in [3.8, 4) is 5.69 Å². The summed E-state index contributed by atoms with van der Waals surface area (Å²) in [5.41, 5.74) is 2.99. The SMILES string of the molecule is CC(C)[C@H]1C(=O)N(Cc2ccc(-n3ccnc3)cc2)CCN1C(=O)OCc1ccccc1. The zero-order chi connectivity index (χ0) is 22.5. The van der Waals surface area contributed by atoms with E-state index in [1.165, 1.54) is 0 Å². The van der Waals surface area contributed by atoms with Crippen molar-refractivity contribution in [2.75, 3.05) is 13.1 Å². The standard InChI is InChI=1S/C25H28N4O3/c1-19(2)23-24(30)27(16-20-8-10-22(11-9-20)28-13-12-26-18-28)14-15-29(23)25(31)32-17-21-6-4-3-5-7-21/h3-13,18-19,23H,14-17H2,1-2H3/t23-/m0/s1. The molecule has 2 aromatic carbocycles. The van der Waals surface area contributed by atoms with E-state index in [0.717, 1.165) is 16.8 Å². The van der Waals surface area contributed by atoms with Crippen LogP contribution < -0.4 is 0 Å². The van der Waals surface area contributed by atoms with Gasteiger partial charge in [0.15, 0.2) is 0 Å². The van der Waals surface area contributed by atoms with Gasteiger partial charge >= 0.3 is 6.09 Å². The van der Waals surface area contributed by atoms with E-state index in [4.69, 9.17) is 4.74 Å². The van der Waals surface area contributed by atoms with Crippen molar-refractivity contribution in [1.29, 1.82) is 0 Å². The lowest BCUT2D eigenvalue weighted by Crippen LogP contribution is -2.60. The summed E-state index contributed by atoms with van der Waals surface area (Å²) in [6.45, 7) is 5.56. The Hall–Kier alpha value is -3.61. The fourth-order valence-corrected chi connectivity index (χ4v) is 4.01. The summed E-state index contributed by atoms with van der Waals surface area (Å²) >= 11 is 0. The van der Waals surface area contributed by atoms with Crippen molar-refractivity contribution in [2.24, 2.45) is 5.92 Å². The van der Waals surface area contributed by atoms with Crippen LogP contribution in [-0.2, 0) is 22.7 Å². The summed E-state index contributed by atoms with van der Waals surface area (Å²) in [6, 6.07) is 17.1. The molecule has 1 atom stereocenters. The van der Waals surface area contributed by atoms with Gasteiger partial charge in [-0.1, -0.05) is 56.3 Å². The fraction of sp³-hybridized carbons (Fsp3) is 0.320. The van der Waals surface area contributed by atoms with Crippen LogP contribution in [0.4, 0.5) is 4.79 Å². The molecule has 0 spiro atoms. The number of carbonyl (C=O) groups is 2. The normalized spacial score (nSPS) is 16.5. The van der Waals surface area contributed by atoms with Crippen molar-refractivity contribution in [2.45, 2.75) is 33.0 Å². The van der Waals surface area contributed by atoms with Crippen LogP contribution in [0.2, 0.25) is 0 Å². The molecule has 0 radical (unpaired) electrons. The molecule has 1 saturated heterocycles. The summed E-state index contributed by atoms with van der Waals surface area (Å²) in [6.07, 6.45) is 4.94. The molecule has 7 heteroatoms. The van der Waals surface area contributed by atoms with Gasteiger partial charge in [0.1, 0.15) is 12.6 Å². The van der Waals surface area contributed by atoms with Crippen molar-refractivity contribution in [3.05, 3.63) is 84.4 Å². The number of hydrogen-bond acceptors (Lipinski definition) is 4. The van der Waals surface area contributed by atoms with Crippen molar-refractivity contribution in [1.82, 2.24) is 19.4 Å². The van der Waals surface area contributed by atoms with Gasteiger partial charge in [-0.15, -0.1) is 0 Å². The van der Waals surface area contributed by atoms with E-state index in [1.807, 2.05) is 84.1 Å². The molecule has 3 aromatic rings. The van der Waals surface area contributed by atoms with Gasteiger partial charge in [-0.2, -0.15) is 0 Å². The van der Waals surface area contributed by atoms with Crippen LogP contribution in [0.25, 0.3) is 5.69 Å². The van der Waals surface area contributed by atoms with Crippen molar-refractivity contribution < 1.29 is 14.3 Å². The Bertz CT molecular complexity index is 1030. The summed E-state index contributed by atoms with van der Waals surface area (Å²) in [5, 5.41) is 0. The number of imidazole rings is 1. The average Bonchev–Trinajstić information content (AvgIpc) is 3.34. The highest BCUT2D eigenvalue weighted by Crippen LogP contribution is 2.22. The van der Waals surface area contributed by atoms with Crippen LogP contribution in [0.5, 0.6) is 0 Å². The molecule has 0 unspecified atom stereocenters. The zero-order valence-corrected chi connectivity index (χ0v) is 18.4. The van der Waals surface area contributed by atoms with E-state index in [9.17, 15) is 9.59 Å². The molecule has 4 rings (SSSR count). The number of carbonyl (C=O) groups excluding carboxylic acids is 2. The minimum atomic E-state index is -0.530. The molecule has 1 fully saturated rings. The molecule has 0 bridgehead atoms. The third kappa shape index (κ3) is 4.82. The van der Waals surface area contributed by atoms with Gasteiger partial charge in [0.2, 0.25) is 5.91 Å². The predicted octanol–water partition coefficient (Wildman–Crippen LogP) is 3.88. The van der Waals surface area contributed by atoms with Crippen LogP contribution in [-0.4, -0.2) is 50.5 Å². The number of rotatable bonds is 6. The predicted molar refractivity (Wildman–Crippen MR) is 121 cm³/mol. The van der Waals surface area contributed by atoms with Gasteiger partial charge < -0.3 is 14.2 Å². The second kappa shape index (κ2) is 9.68. The summed E-state index contributed by atoms with van der Waals surface area (Å²) in [5.74, 6) is -0.0558. The first-order valence-electron chi connectivity index (χ1n) is 10.9. The number of hydrogen-bond donors (Lipinski definition) is 0. The lowest BCUT2D eigenvalue weighted by Gasteiger charge is -2.41. The van der Waals surface area contributed by atoms with E-state index < -0.39 is 12.1 Å². The molecule has 1 aliphatic rings. The molecule has 7 nitrogen and oxygen atoms in total. The van der Waals surface area contributed by atoms with Crippen LogP contribution in [0, 0.1) is 5.92 Å². The second-order valence-corrected chi connectivity index (χ2v) is 8.32. The molecule has 1 aliphatic heterocycles. The van der Waals surface area contributed by atoms with Gasteiger partial charge in [-0.3, -0.25) is 9.69 Å². The molecule has 32 heavy (non-hydrogen) atoms. The smallest absolute Gasteiger partial charge is 0.410 e. The topological polar surface area (TPSA) is 67.7 Å². The molecule has 0 saturated carbocycles. The van der Waals surface area contributed by atoms with Crippen LogP contribution in [0.3, 0.4) is 0 Å². The van der Waals surface area contributed by atoms with Crippen molar-refractivity contribution in [3.63, 3.8) is 0 Å². The summed E-state index contributed by atoms with van der Waals surface area (Å²) < 4.78 is 7.44. The molecule has 166 valence electrons. The first-order valence-corrected chi connectivity index (χ1v) is 10.9. The van der Waals surface area contributed by atoms with Gasteiger partial charge in [0.25, 0.3) is 0 Å². The molecule has 0 aliphatic carbocycles. The number of ether oxygens (including phenoxy) is 1. The minimum Gasteiger partial charge on any atom is -0.445 e. The van der Waals surface area contributed by atoms with E-state index in [2.05, 4.69) is 4.98 Å². The Balaban J connectivity index is 1.40. The Morgan fingerprint density at radius 3 is 2.47 bits per heavy atom. The molecule has 2 heterocycles. The Morgan fingerprint density at radius 2 is 1.81 bits per heavy atom. The molecule has 0 N–H and O–H groups in total. The minimum absolute atomic E-state index is 0.0156. The van der Waals surface area contributed by atoms with E-state index in [1.54, 1.807) is 17.4 Å². The number of benzene rings is 2. The van der Waals surface area contributed by atoms with Crippen LogP contribution in [0.15, 0.2) is 73.3 Å². The molecular formula is C25H28N4O3. The lowest BCUT2D eigenvalue weighted by atomic mass is 9.98. The zero-order valence-electron chi connectivity index (χ0n) is 18.4. The summed E-state index contributed by atoms with van der Waals surface area (Å²) in [4.78, 5) is 33.5. The highest BCUT2D eigenvalue weighted by atomic mass is 16.6. The first-order chi connectivity index (χ1) is 15.5. The maximum Gasteiger partial charge on any atom is 0.410 e. The van der Waals surface area contributed by atoms with Gasteiger partial charge in [-0.05, 0) is 29.2 Å². The third-order valence-corrected chi connectivity index (χ3v) is 5.69. The quantitative estimate of drug-likeness (QED) is 0.593. The maximum atomic E-state index is 13.3. The Morgan fingerprint density at radius 1 is 1.06 bits per heavy atom. The third-order valence-electron chi connectivity index (χ3n) is 5.69. The Labute approximate surface area is 188 Å². The number of amides is 2. The monoisotopic (exact) mass is 432 g/mol. The lowest BCUT2D eigenvalue weighted by molar-refractivity contribution is -0.143. The van der Waals surface area contributed by atoms with Crippen LogP contribution in [0.1, 0.15) is 25.0 Å². The average molecular weight is 433 g/mol. The van der Waals surface area contributed by atoms with Gasteiger partial charge in [-0.25, -0.2) is 9.78 Å². The van der Waals surface area contributed by atoms with Crippen LogP contribution >= 0.6 is 0 Å². The molecular weight excluding hydrogens is 404 g/mol. The number of piperazine rings is 1. The molecule has 1 aromatic heterocycles. The fourth-order valence-electron chi connectivity index (χ4n) is 4.01. The number of nitrogens with zero attached hydrogens (tertiary/aromatic N) is 4. The van der Waals surface area contributed by atoms with E-state index in [-0.39, 0.29) is 18.4 Å². The number of aromatic nitrogens is 2.